The van der Waals surface area contributed by atoms with Gasteiger partial charge in [0.1, 0.15) is 5.54 Å². The van der Waals surface area contributed by atoms with Gasteiger partial charge in [-0.15, -0.1) is 0 Å². The Kier molecular flexibility index (Phi) is 6.06. The summed E-state index contributed by atoms with van der Waals surface area (Å²) in [6.07, 6.45) is 9.34. The lowest BCUT2D eigenvalue weighted by Gasteiger charge is -2.37. The number of primary amides is 1. The SMILES string of the molecule is CCCNC1(C(N)=O)CCCC1CCN1CCCCC1C. The molecule has 1 aliphatic carbocycles. The van der Waals surface area contributed by atoms with Crippen LogP contribution in [0.3, 0.4) is 0 Å². The highest BCUT2D eigenvalue weighted by molar-refractivity contribution is 5.85. The third-order valence-corrected chi connectivity index (χ3v) is 5.66. The lowest BCUT2D eigenvalue weighted by Crippen LogP contribution is -2.58. The Hall–Kier alpha value is -0.610. The zero-order chi connectivity index (χ0) is 15.3. The number of carbonyl (C=O) groups excluding carboxylic acids is 1. The number of amides is 1. The van der Waals surface area contributed by atoms with Gasteiger partial charge in [-0.1, -0.05) is 19.8 Å². The normalized spacial score (nSPS) is 34.2. The van der Waals surface area contributed by atoms with Gasteiger partial charge in [-0.05, 0) is 71.0 Å². The predicted molar refractivity (Wildman–Crippen MR) is 87.1 cm³/mol. The predicted octanol–water partition coefficient (Wildman–Crippen LogP) is 2.27. The van der Waals surface area contributed by atoms with Crippen molar-refractivity contribution in [2.45, 2.75) is 76.8 Å². The van der Waals surface area contributed by atoms with E-state index in [-0.39, 0.29) is 5.91 Å². The van der Waals surface area contributed by atoms with Crippen LogP contribution < -0.4 is 11.1 Å². The van der Waals surface area contributed by atoms with Crippen molar-refractivity contribution in [2.24, 2.45) is 11.7 Å². The molecule has 0 radical (unpaired) electrons. The molecule has 1 saturated heterocycles. The summed E-state index contributed by atoms with van der Waals surface area (Å²) in [4.78, 5) is 14.7. The van der Waals surface area contributed by atoms with E-state index in [9.17, 15) is 4.79 Å². The Morgan fingerprint density at radius 1 is 1.33 bits per heavy atom. The number of piperidine rings is 1. The fourth-order valence-electron chi connectivity index (χ4n) is 4.27. The van der Waals surface area contributed by atoms with E-state index in [1.165, 1.54) is 25.8 Å². The standard InChI is InChI=1S/C17H33N3O/c1-3-11-19-17(16(18)21)10-6-8-15(17)9-13-20-12-5-4-7-14(20)2/h14-15,19H,3-13H2,1-2H3,(H2,18,21). The molecule has 122 valence electrons. The number of nitrogens with one attached hydrogen (secondary N) is 1. The van der Waals surface area contributed by atoms with Gasteiger partial charge in [0.05, 0.1) is 0 Å². The third-order valence-electron chi connectivity index (χ3n) is 5.66. The minimum Gasteiger partial charge on any atom is -0.368 e. The van der Waals surface area contributed by atoms with Gasteiger partial charge in [-0.25, -0.2) is 0 Å². The van der Waals surface area contributed by atoms with Crippen LogP contribution in [0.5, 0.6) is 0 Å². The Labute approximate surface area is 129 Å². The molecule has 0 aromatic heterocycles. The first-order valence-electron chi connectivity index (χ1n) is 8.89. The maximum atomic E-state index is 12.1. The number of carbonyl (C=O) groups is 1. The minimum atomic E-state index is -0.435. The second-order valence-electron chi connectivity index (χ2n) is 7.02. The van der Waals surface area contributed by atoms with Gasteiger partial charge in [0.15, 0.2) is 0 Å². The van der Waals surface area contributed by atoms with Crippen molar-refractivity contribution < 1.29 is 4.79 Å². The molecular weight excluding hydrogens is 262 g/mol. The summed E-state index contributed by atoms with van der Waals surface area (Å²) in [7, 11) is 0. The number of nitrogens with zero attached hydrogens (tertiary/aromatic N) is 1. The van der Waals surface area contributed by atoms with Crippen molar-refractivity contribution in [3.8, 4) is 0 Å². The minimum absolute atomic E-state index is 0.134. The molecule has 0 spiro atoms. The first kappa shape index (κ1) is 16.8. The van der Waals surface area contributed by atoms with E-state index in [2.05, 4.69) is 24.1 Å². The third kappa shape index (κ3) is 3.78. The Morgan fingerprint density at radius 2 is 2.14 bits per heavy atom. The Morgan fingerprint density at radius 3 is 2.81 bits per heavy atom. The average Bonchev–Trinajstić information content (AvgIpc) is 2.88. The molecule has 2 aliphatic rings. The van der Waals surface area contributed by atoms with Crippen molar-refractivity contribution in [3.63, 3.8) is 0 Å². The lowest BCUT2D eigenvalue weighted by molar-refractivity contribution is -0.126. The first-order chi connectivity index (χ1) is 10.1. The molecule has 1 heterocycles. The van der Waals surface area contributed by atoms with Gasteiger partial charge >= 0.3 is 0 Å². The molecule has 3 atom stereocenters. The smallest absolute Gasteiger partial charge is 0.238 e. The molecule has 3 N–H and O–H groups in total. The van der Waals surface area contributed by atoms with Crippen LogP contribution in [0.15, 0.2) is 0 Å². The van der Waals surface area contributed by atoms with Gasteiger partial charge in [0.2, 0.25) is 5.91 Å². The molecule has 4 nitrogen and oxygen atoms in total. The summed E-state index contributed by atoms with van der Waals surface area (Å²) in [5, 5.41) is 3.50. The van der Waals surface area contributed by atoms with Crippen LogP contribution in [0.1, 0.15) is 65.2 Å². The van der Waals surface area contributed by atoms with Crippen LogP contribution in [-0.2, 0) is 4.79 Å². The number of hydrogen-bond donors (Lipinski definition) is 2. The van der Waals surface area contributed by atoms with Crippen LogP contribution in [-0.4, -0.2) is 42.0 Å². The monoisotopic (exact) mass is 295 g/mol. The van der Waals surface area contributed by atoms with E-state index in [1.54, 1.807) is 0 Å². The van der Waals surface area contributed by atoms with Crippen molar-refractivity contribution >= 4 is 5.91 Å². The molecule has 3 unspecified atom stereocenters. The molecule has 0 aromatic carbocycles. The second-order valence-corrected chi connectivity index (χ2v) is 7.02. The lowest BCUT2D eigenvalue weighted by atomic mass is 9.83. The largest absolute Gasteiger partial charge is 0.368 e. The molecule has 21 heavy (non-hydrogen) atoms. The zero-order valence-electron chi connectivity index (χ0n) is 13.9. The van der Waals surface area contributed by atoms with Crippen LogP contribution in [0.2, 0.25) is 0 Å². The fraction of sp³-hybridized carbons (Fsp3) is 0.941. The van der Waals surface area contributed by atoms with Gasteiger partial charge < -0.3 is 16.0 Å². The van der Waals surface area contributed by atoms with E-state index in [0.717, 1.165) is 45.2 Å². The molecule has 4 heteroatoms. The van der Waals surface area contributed by atoms with Gasteiger partial charge in [-0.2, -0.15) is 0 Å². The molecular formula is C17H33N3O. The second kappa shape index (κ2) is 7.59. The molecule has 1 amide bonds. The van der Waals surface area contributed by atoms with Crippen molar-refractivity contribution in [3.05, 3.63) is 0 Å². The van der Waals surface area contributed by atoms with Crippen LogP contribution >= 0.6 is 0 Å². The highest BCUT2D eigenvalue weighted by Crippen LogP contribution is 2.38. The van der Waals surface area contributed by atoms with Crippen molar-refractivity contribution in [1.29, 1.82) is 0 Å². The zero-order valence-corrected chi connectivity index (χ0v) is 13.9. The van der Waals surface area contributed by atoms with E-state index in [1.807, 2.05) is 0 Å². The number of hydrogen-bond acceptors (Lipinski definition) is 3. The maximum Gasteiger partial charge on any atom is 0.238 e. The number of likely N-dealkylation sites (tertiary alicyclic amines) is 1. The number of nitrogens with two attached hydrogens (primary N) is 1. The molecule has 1 saturated carbocycles. The fourth-order valence-corrected chi connectivity index (χ4v) is 4.27. The molecule has 0 bridgehead atoms. The van der Waals surface area contributed by atoms with Crippen LogP contribution in [0, 0.1) is 5.92 Å². The molecule has 2 rings (SSSR count). The summed E-state index contributed by atoms with van der Waals surface area (Å²) in [5.41, 5.74) is 5.35. The van der Waals surface area contributed by atoms with Gasteiger partial charge in [-0.3, -0.25) is 4.79 Å². The summed E-state index contributed by atoms with van der Waals surface area (Å²) in [6, 6.07) is 0.701. The van der Waals surface area contributed by atoms with E-state index in [0.29, 0.717) is 12.0 Å². The summed E-state index contributed by atoms with van der Waals surface area (Å²) in [5.74, 6) is 0.279. The van der Waals surface area contributed by atoms with Crippen molar-refractivity contribution in [2.75, 3.05) is 19.6 Å². The van der Waals surface area contributed by atoms with Crippen LogP contribution in [0.25, 0.3) is 0 Å². The quantitative estimate of drug-likeness (QED) is 0.757. The van der Waals surface area contributed by atoms with Crippen LogP contribution in [0.4, 0.5) is 0 Å². The van der Waals surface area contributed by atoms with Gasteiger partial charge in [0, 0.05) is 6.04 Å². The van der Waals surface area contributed by atoms with Gasteiger partial charge in [0.25, 0.3) is 0 Å². The van der Waals surface area contributed by atoms with Crippen molar-refractivity contribution in [1.82, 2.24) is 10.2 Å². The highest BCUT2D eigenvalue weighted by Gasteiger charge is 2.46. The molecule has 0 aromatic rings. The summed E-state index contributed by atoms with van der Waals surface area (Å²) < 4.78 is 0. The first-order valence-corrected chi connectivity index (χ1v) is 8.89. The Balaban J connectivity index is 1.94. The summed E-state index contributed by atoms with van der Waals surface area (Å²) >= 11 is 0. The molecule has 2 fully saturated rings. The van der Waals surface area contributed by atoms with E-state index >= 15 is 0 Å². The summed E-state index contributed by atoms with van der Waals surface area (Å²) in [6.45, 7) is 7.71. The van der Waals surface area contributed by atoms with E-state index < -0.39 is 5.54 Å². The maximum absolute atomic E-state index is 12.1. The Bertz CT molecular complexity index is 347. The highest BCUT2D eigenvalue weighted by atomic mass is 16.1. The molecule has 1 aliphatic heterocycles. The topological polar surface area (TPSA) is 58.4 Å². The number of rotatable bonds is 7. The van der Waals surface area contributed by atoms with E-state index in [4.69, 9.17) is 5.73 Å². The average molecular weight is 295 g/mol.